The maximum absolute atomic E-state index is 11.4. The van der Waals surface area contributed by atoms with Crippen LogP contribution in [-0.2, 0) is 4.79 Å². The minimum Gasteiger partial charge on any atom is -0.403 e. The third-order valence-electron chi connectivity index (χ3n) is 2.68. The highest BCUT2D eigenvalue weighted by Gasteiger charge is 2.25. The lowest BCUT2D eigenvalue weighted by Gasteiger charge is -2.05. The molecule has 2 aromatic rings. The fourth-order valence-corrected chi connectivity index (χ4v) is 1.77. The van der Waals surface area contributed by atoms with Crippen LogP contribution in [0.25, 0.3) is 11.5 Å². The number of nitrogens with zero attached hydrogens (tertiary/aromatic N) is 3. The van der Waals surface area contributed by atoms with Gasteiger partial charge >= 0.3 is 6.01 Å². The second-order valence-corrected chi connectivity index (χ2v) is 3.93. The van der Waals surface area contributed by atoms with E-state index in [2.05, 4.69) is 25.8 Å². The second-order valence-electron chi connectivity index (χ2n) is 3.93. The van der Waals surface area contributed by atoms with E-state index in [9.17, 15) is 4.79 Å². The monoisotopic (exact) mass is 245 g/mol. The normalized spacial score (nSPS) is 18.7. The van der Waals surface area contributed by atoms with E-state index in [0.29, 0.717) is 18.9 Å². The summed E-state index contributed by atoms with van der Waals surface area (Å²) in [5, 5.41) is 13.4. The number of amides is 1. The first-order valence-electron chi connectivity index (χ1n) is 5.61. The molecule has 0 aromatic carbocycles. The Bertz CT molecular complexity index is 554. The lowest BCUT2D eigenvalue weighted by molar-refractivity contribution is -0.119. The van der Waals surface area contributed by atoms with E-state index in [4.69, 9.17) is 4.42 Å². The number of rotatable bonds is 3. The number of hydrogen-bond donors (Lipinski definition) is 2. The first-order valence-corrected chi connectivity index (χ1v) is 5.61. The molecule has 2 N–H and O–H groups in total. The lowest BCUT2D eigenvalue weighted by atomic mass is 10.2. The summed E-state index contributed by atoms with van der Waals surface area (Å²) in [5.74, 6) is 0.333. The Morgan fingerprint density at radius 3 is 3.11 bits per heavy atom. The summed E-state index contributed by atoms with van der Waals surface area (Å²) in [5.41, 5.74) is 0.744. The minimum atomic E-state index is -0.299. The Balaban J connectivity index is 1.76. The molecule has 1 saturated heterocycles. The Labute approximate surface area is 103 Å². The molecule has 1 aliphatic rings. The van der Waals surface area contributed by atoms with Crippen LogP contribution in [0.5, 0.6) is 0 Å². The average molecular weight is 245 g/mol. The largest absolute Gasteiger partial charge is 0.403 e. The van der Waals surface area contributed by atoms with Gasteiger partial charge in [0.2, 0.25) is 5.91 Å². The van der Waals surface area contributed by atoms with Crippen molar-refractivity contribution in [2.45, 2.75) is 12.5 Å². The fraction of sp³-hybridized carbons (Fsp3) is 0.273. The van der Waals surface area contributed by atoms with E-state index < -0.39 is 0 Å². The quantitative estimate of drug-likeness (QED) is 0.814. The molecule has 1 aliphatic heterocycles. The molecule has 3 rings (SSSR count). The fourth-order valence-electron chi connectivity index (χ4n) is 1.77. The Hall–Kier alpha value is -2.44. The molecule has 1 atom stereocenters. The summed E-state index contributed by atoms with van der Waals surface area (Å²) in [7, 11) is 0. The van der Waals surface area contributed by atoms with E-state index in [0.717, 1.165) is 5.56 Å². The molecule has 1 amide bonds. The smallest absolute Gasteiger partial charge is 0.316 e. The molecule has 2 aromatic heterocycles. The summed E-state index contributed by atoms with van der Waals surface area (Å²) in [6, 6.07) is 3.56. The van der Waals surface area contributed by atoms with Gasteiger partial charge in [0.05, 0.1) is 5.56 Å². The summed E-state index contributed by atoms with van der Waals surface area (Å²) in [6.45, 7) is 0.667. The average Bonchev–Trinajstić information content (AvgIpc) is 3.02. The molecule has 0 radical (unpaired) electrons. The second kappa shape index (κ2) is 4.44. The molecule has 18 heavy (non-hydrogen) atoms. The zero-order valence-corrected chi connectivity index (χ0v) is 9.46. The zero-order valence-electron chi connectivity index (χ0n) is 9.46. The number of anilines is 1. The Morgan fingerprint density at radius 1 is 1.44 bits per heavy atom. The van der Waals surface area contributed by atoms with Gasteiger partial charge in [-0.15, -0.1) is 5.10 Å². The topological polar surface area (TPSA) is 92.9 Å². The van der Waals surface area contributed by atoms with Crippen LogP contribution in [0.1, 0.15) is 6.42 Å². The van der Waals surface area contributed by atoms with Crippen LogP contribution in [0, 0.1) is 0 Å². The molecule has 0 saturated carbocycles. The van der Waals surface area contributed by atoms with Crippen LogP contribution >= 0.6 is 0 Å². The molecule has 0 bridgehead atoms. The molecular weight excluding hydrogens is 234 g/mol. The number of nitrogens with one attached hydrogen (secondary N) is 2. The lowest BCUT2D eigenvalue weighted by Crippen LogP contribution is -2.29. The van der Waals surface area contributed by atoms with Crippen molar-refractivity contribution >= 4 is 11.9 Å². The van der Waals surface area contributed by atoms with Crippen LogP contribution < -0.4 is 10.6 Å². The maximum Gasteiger partial charge on any atom is 0.316 e. The van der Waals surface area contributed by atoms with Crippen molar-refractivity contribution in [1.82, 2.24) is 20.5 Å². The van der Waals surface area contributed by atoms with Gasteiger partial charge in [-0.2, -0.15) is 0 Å². The van der Waals surface area contributed by atoms with E-state index in [1.165, 1.54) is 0 Å². The van der Waals surface area contributed by atoms with Crippen LogP contribution in [-0.4, -0.2) is 33.7 Å². The van der Waals surface area contributed by atoms with Gasteiger partial charge in [0.15, 0.2) is 0 Å². The molecule has 1 unspecified atom stereocenters. The Morgan fingerprint density at radius 2 is 2.39 bits per heavy atom. The van der Waals surface area contributed by atoms with Crippen molar-refractivity contribution in [1.29, 1.82) is 0 Å². The van der Waals surface area contributed by atoms with Crippen molar-refractivity contribution in [2.75, 3.05) is 11.9 Å². The predicted molar refractivity (Wildman–Crippen MR) is 62.6 cm³/mol. The number of hydrogen-bond acceptors (Lipinski definition) is 6. The van der Waals surface area contributed by atoms with Gasteiger partial charge in [0.25, 0.3) is 5.89 Å². The third kappa shape index (κ3) is 2.02. The summed E-state index contributed by atoms with van der Waals surface area (Å²) in [4.78, 5) is 15.4. The molecule has 7 heteroatoms. The number of carbonyl (C=O) groups excluding carboxylic acids is 1. The highest BCUT2D eigenvalue weighted by Crippen LogP contribution is 2.19. The molecule has 7 nitrogen and oxygen atoms in total. The molecule has 3 heterocycles. The van der Waals surface area contributed by atoms with E-state index in [-0.39, 0.29) is 18.0 Å². The molecule has 1 fully saturated rings. The summed E-state index contributed by atoms with van der Waals surface area (Å²) in [6.07, 6.45) is 4.02. The highest BCUT2D eigenvalue weighted by molar-refractivity contribution is 5.85. The maximum atomic E-state index is 11.4. The van der Waals surface area contributed by atoms with Crippen LogP contribution in [0.2, 0.25) is 0 Å². The first-order chi connectivity index (χ1) is 8.83. The van der Waals surface area contributed by atoms with Gasteiger partial charge in [0, 0.05) is 18.9 Å². The third-order valence-corrected chi connectivity index (χ3v) is 2.68. The van der Waals surface area contributed by atoms with Gasteiger partial charge in [-0.25, -0.2) is 0 Å². The molecule has 92 valence electrons. The number of pyridine rings is 1. The Kier molecular flexibility index (Phi) is 2.64. The van der Waals surface area contributed by atoms with Crippen LogP contribution in [0.15, 0.2) is 28.9 Å². The van der Waals surface area contributed by atoms with Gasteiger partial charge in [0.1, 0.15) is 6.04 Å². The van der Waals surface area contributed by atoms with Gasteiger partial charge in [-0.3, -0.25) is 9.78 Å². The van der Waals surface area contributed by atoms with E-state index in [1.54, 1.807) is 18.5 Å². The van der Waals surface area contributed by atoms with Crippen molar-refractivity contribution in [2.24, 2.45) is 0 Å². The van der Waals surface area contributed by atoms with Gasteiger partial charge in [-0.1, -0.05) is 5.10 Å². The standard InChI is InChI=1S/C11H11N5O2/c17-9-8(3-5-13-9)14-11-16-15-10(18-11)7-2-1-4-12-6-7/h1-2,4,6,8H,3,5H2,(H,13,17)(H,14,16). The van der Waals surface area contributed by atoms with Gasteiger partial charge in [-0.05, 0) is 18.6 Å². The highest BCUT2D eigenvalue weighted by atomic mass is 16.4. The molecular formula is C11H11N5O2. The van der Waals surface area contributed by atoms with E-state index in [1.807, 2.05) is 6.07 Å². The van der Waals surface area contributed by atoms with Crippen molar-refractivity contribution in [3.63, 3.8) is 0 Å². The van der Waals surface area contributed by atoms with E-state index >= 15 is 0 Å². The van der Waals surface area contributed by atoms with Gasteiger partial charge < -0.3 is 15.1 Å². The van der Waals surface area contributed by atoms with Crippen molar-refractivity contribution < 1.29 is 9.21 Å². The van der Waals surface area contributed by atoms with Crippen LogP contribution in [0.3, 0.4) is 0 Å². The number of carbonyl (C=O) groups is 1. The number of aromatic nitrogens is 3. The van der Waals surface area contributed by atoms with Crippen molar-refractivity contribution in [3.8, 4) is 11.5 Å². The van der Waals surface area contributed by atoms with Crippen LogP contribution in [0.4, 0.5) is 6.01 Å². The molecule has 0 aliphatic carbocycles. The predicted octanol–water partition coefficient (Wildman–Crippen LogP) is 0.432. The van der Waals surface area contributed by atoms with Crippen molar-refractivity contribution in [3.05, 3.63) is 24.5 Å². The zero-order chi connectivity index (χ0) is 12.4. The minimum absolute atomic E-state index is 0.0453. The summed E-state index contributed by atoms with van der Waals surface area (Å²) >= 11 is 0. The SMILES string of the molecule is O=C1NCCC1Nc1nnc(-c2cccnc2)o1. The molecule has 0 spiro atoms. The summed E-state index contributed by atoms with van der Waals surface area (Å²) < 4.78 is 5.43. The first kappa shape index (κ1) is 10.7.